The van der Waals surface area contributed by atoms with Gasteiger partial charge in [0.15, 0.2) is 0 Å². The molecule has 0 heterocycles. The largest absolute Gasteiger partial charge is 0.497 e. The summed E-state index contributed by atoms with van der Waals surface area (Å²) in [4.78, 5) is 14.7. The normalized spacial score (nSPS) is 12.6. The molecule has 0 saturated carbocycles. The molecule has 0 aromatic heterocycles. The molecular weight excluding hydrogens is 394 g/mol. The van der Waals surface area contributed by atoms with Gasteiger partial charge in [-0.3, -0.25) is 4.79 Å². The second kappa shape index (κ2) is 12.7. The van der Waals surface area contributed by atoms with Gasteiger partial charge in [-0.25, -0.2) is 13.1 Å². The van der Waals surface area contributed by atoms with Crippen LogP contribution < -0.4 is 19.5 Å². The van der Waals surface area contributed by atoms with E-state index in [1.54, 1.807) is 18.2 Å². The highest BCUT2D eigenvalue weighted by molar-refractivity contribution is 7.89. The highest BCUT2D eigenvalue weighted by Gasteiger charge is 2.17. The van der Waals surface area contributed by atoms with Gasteiger partial charge in [0.2, 0.25) is 10.0 Å². The first-order chi connectivity index (χ1) is 13.8. The van der Waals surface area contributed by atoms with Crippen molar-refractivity contribution in [3.8, 4) is 11.5 Å². The molecule has 0 unspecified atom stereocenters. The summed E-state index contributed by atoms with van der Waals surface area (Å²) in [6, 6.07) is 4.69. The third kappa shape index (κ3) is 9.01. The number of sulfonamides is 1. The molecule has 0 aliphatic heterocycles. The van der Waals surface area contributed by atoms with Crippen molar-refractivity contribution in [2.45, 2.75) is 39.7 Å². The quantitative estimate of drug-likeness (QED) is 0.469. The molecule has 0 radical (unpaired) electrons. The van der Waals surface area contributed by atoms with Crippen LogP contribution in [0, 0.1) is 0 Å². The van der Waals surface area contributed by atoms with Crippen molar-refractivity contribution >= 4 is 15.9 Å². The minimum absolute atomic E-state index is 0.00944. The van der Waals surface area contributed by atoms with Gasteiger partial charge in [-0.05, 0) is 51.5 Å². The molecule has 0 aliphatic carbocycles. The average Bonchev–Trinajstić information content (AvgIpc) is 2.69. The van der Waals surface area contributed by atoms with Crippen LogP contribution in [0.4, 0.5) is 0 Å². The van der Waals surface area contributed by atoms with Crippen molar-refractivity contribution in [3.05, 3.63) is 23.8 Å². The Kier molecular flexibility index (Phi) is 11.0. The Morgan fingerprint density at radius 3 is 2.45 bits per heavy atom. The molecule has 1 aromatic carbocycles. The summed E-state index contributed by atoms with van der Waals surface area (Å²) in [6.45, 7) is 9.05. The molecular formula is C20H35N3O5S. The molecule has 9 heteroatoms. The van der Waals surface area contributed by atoms with Crippen molar-refractivity contribution in [3.63, 3.8) is 0 Å². The Morgan fingerprint density at radius 1 is 1.17 bits per heavy atom. The number of ether oxygens (including phenoxy) is 2. The smallest absolute Gasteiger partial charge is 0.255 e. The highest BCUT2D eigenvalue weighted by atomic mass is 32.2. The lowest BCUT2D eigenvalue weighted by atomic mass is 10.2. The summed E-state index contributed by atoms with van der Waals surface area (Å²) in [5, 5.41) is 2.63. The zero-order valence-electron chi connectivity index (χ0n) is 18.2. The van der Waals surface area contributed by atoms with Crippen LogP contribution in [0.2, 0.25) is 0 Å². The molecule has 1 amide bonds. The van der Waals surface area contributed by atoms with Crippen LogP contribution in [-0.4, -0.2) is 71.4 Å². The minimum Gasteiger partial charge on any atom is -0.497 e. The van der Waals surface area contributed by atoms with E-state index in [9.17, 15) is 13.2 Å². The van der Waals surface area contributed by atoms with Crippen LogP contribution >= 0.6 is 0 Å². The van der Waals surface area contributed by atoms with Gasteiger partial charge in [-0.2, -0.15) is 0 Å². The second-order valence-electron chi connectivity index (χ2n) is 6.83. The number of nitrogens with one attached hydrogen (secondary N) is 2. The summed E-state index contributed by atoms with van der Waals surface area (Å²) in [5.74, 6) is 0.356. The fourth-order valence-corrected chi connectivity index (χ4v) is 4.19. The molecule has 2 N–H and O–H groups in total. The fourth-order valence-electron chi connectivity index (χ4n) is 2.97. The van der Waals surface area contributed by atoms with E-state index in [2.05, 4.69) is 28.8 Å². The van der Waals surface area contributed by atoms with Gasteiger partial charge in [0, 0.05) is 18.7 Å². The van der Waals surface area contributed by atoms with Crippen LogP contribution in [0.25, 0.3) is 0 Å². The Balaban J connectivity index is 2.46. The Labute approximate surface area is 175 Å². The lowest BCUT2D eigenvalue weighted by molar-refractivity contribution is 0.0953. The molecule has 0 bridgehead atoms. The van der Waals surface area contributed by atoms with Crippen LogP contribution in [-0.2, 0) is 10.0 Å². The van der Waals surface area contributed by atoms with Crippen molar-refractivity contribution in [1.82, 2.24) is 14.9 Å². The zero-order chi connectivity index (χ0) is 21.9. The predicted molar refractivity (Wildman–Crippen MR) is 115 cm³/mol. The molecule has 0 aliphatic rings. The minimum atomic E-state index is -3.48. The molecule has 0 fully saturated rings. The highest BCUT2D eigenvalue weighted by Crippen LogP contribution is 2.24. The lowest BCUT2D eigenvalue weighted by Gasteiger charge is -2.19. The number of carbonyl (C=O) groups excluding carboxylic acids is 1. The summed E-state index contributed by atoms with van der Waals surface area (Å²) < 4.78 is 37.5. The van der Waals surface area contributed by atoms with E-state index in [1.165, 1.54) is 14.2 Å². The standard InChI is InChI=1S/C20H35N3O5S/c1-6-23(7-2)13-8-9-16(3)22-29(25,26)14-12-21-20(24)18-11-10-17(27-4)15-19(18)28-5/h10-11,15-16,22H,6-9,12-14H2,1-5H3,(H,21,24)/t16-/m0/s1. The molecule has 166 valence electrons. The number of carbonyl (C=O) groups is 1. The van der Waals surface area contributed by atoms with E-state index in [4.69, 9.17) is 9.47 Å². The van der Waals surface area contributed by atoms with Gasteiger partial charge >= 0.3 is 0 Å². The first kappa shape index (κ1) is 25.2. The van der Waals surface area contributed by atoms with Gasteiger partial charge in [-0.1, -0.05) is 13.8 Å². The molecule has 1 aromatic rings. The monoisotopic (exact) mass is 429 g/mol. The lowest BCUT2D eigenvalue weighted by Crippen LogP contribution is -2.39. The third-order valence-corrected chi connectivity index (χ3v) is 6.20. The maximum Gasteiger partial charge on any atom is 0.255 e. The Hall–Kier alpha value is -1.84. The van der Waals surface area contributed by atoms with Crippen molar-refractivity contribution in [1.29, 1.82) is 0 Å². The summed E-state index contributed by atoms with van der Waals surface area (Å²) in [5.41, 5.74) is 0.323. The van der Waals surface area contributed by atoms with Crippen molar-refractivity contribution < 1.29 is 22.7 Å². The number of nitrogens with zero attached hydrogens (tertiary/aromatic N) is 1. The van der Waals surface area contributed by atoms with Crippen LogP contribution in [0.3, 0.4) is 0 Å². The molecule has 1 rings (SSSR count). The number of methoxy groups -OCH3 is 2. The SMILES string of the molecule is CCN(CC)CCC[C@H](C)NS(=O)(=O)CCNC(=O)c1ccc(OC)cc1OC. The van der Waals surface area contributed by atoms with E-state index in [0.29, 0.717) is 17.1 Å². The number of benzene rings is 1. The predicted octanol–water partition coefficient (Wildman–Crippen LogP) is 1.86. The fraction of sp³-hybridized carbons (Fsp3) is 0.650. The number of hydrogen-bond donors (Lipinski definition) is 2. The maximum atomic E-state index is 12.3. The van der Waals surface area contributed by atoms with Crippen LogP contribution in [0.1, 0.15) is 44.0 Å². The topological polar surface area (TPSA) is 97.0 Å². The van der Waals surface area contributed by atoms with E-state index < -0.39 is 15.9 Å². The van der Waals surface area contributed by atoms with Crippen LogP contribution in [0.15, 0.2) is 18.2 Å². The van der Waals surface area contributed by atoms with Crippen molar-refractivity contribution in [2.24, 2.45) is 0 Å². The average molecular weight is 430 g/mol. The molecule has 8 nitrogen and oxygen atoms in total. The summed E-state index contributed by atoms with van der Waals surface area (Å²) in [6.07, 6.45) is 1.70. The summed E-state index contributed by atoms with van der Waals surface area (Å²) >= 11 is 0. The third-order valence-electron chi connectivity index (χ3n) is 4.70. The van der Waals surface area contributed by atoms with E-state index >= 15 is 0 Å². The van der Waals surface area contributed by atoms with Gasteiger partial charge in [0.25, 0.3) is 5.91 Å². The van der Waals surface area contributed by atoms with Gasteiger partial charge in [0.05, 0.1) is 25.5 Å². The first-order valence-corrected chi connectivity index (χ1v) is 11.6. The molecule has 0 saturated heterocycles. The first-order valence-electron chi connectivity index (χ1n) is 9.98. The van der Waals surface area contributed by atoms with E-state index in [0.717, 1.165) is 32.5 Å². The number of rotatable bonds is 14. The molecule has 1 atom stereocenters. The van der Waals surface area contributed by atoms with E-state index in [1.807, 2.05) is 6.92 Å². The zero-order valence-corrected chi connectivity index (χ0v) is 19.0. The van der Waals surface area contributed by atoms with Gasteiger partial charge < -0.3 is 19.7 Å². The molecule has 29 heavy (non-hydrogen) atoms. The Morgan fingerprint density at radius 2 is 1.86 bits per heavy atom. The number of hydrogen-bond acceptors (Lipinski definition) is 6. The second-order valence-corrected chi connectivity index (χ2v) is 8.70. The maximum absolute atomic E-state index is 12.3. The molecule has 0 spiro atoms. The number of amides is 1. The van der Waals surface area contributed by atoms with Gasteiger partial charge in [0.1, 0.15) is 11.5 Å². The van der Waals surface area contributed by atoms with Crippen molar-refractivity contribution in [2.75, 3.05) is 46.2 Å². The summed E-state index contributed by atoms with van der Waals surface area (Å²) in [7, 11) is -0.492. The Bertz CT molecular complexity index is 736. The van der Waals surface area contributed by atoms with E-state index in [-0.39, 0.29) is 18.3 Å². The van der Waals surface area contributed by atoms with Gasteiger partial charge in [-0.15, -0.1) is 0 Å². The van der Waals surface area contributed by atoms with Crippen LogP contribution in [0.5, 0.6) is 11.5 Å².